The third kappa shape index (κ3) is 2.95. The van der Waals surface area contributed by atoms with Crippen molar-refractivity contribution in [1.82, 2.24) is 15.0 Å². The van der Waals surface area contributed by atoms with Gasteiger partial charge in [0.2, 0.25) is 0 Å². The van der Waals surface area contributed by atoms with Crippen molar-refractivity contribution >= 4 is 22.6 Å². The van der Waals surface area contributed by atoms with E-state index in [1.165, 1.54) is 0 Å². The van der Waals surface area contributed by atoms with Crippen LogP contribution in [-0.2, 0) is 0 Å². The molecule has 0 saturated carbocycles. The number of nitrogens with zero attached hydrogens (tertiary/aromatic N) is 3. The SMILES string of the molecule is COc1cccc(C(=O)[C@H]2CCCN(c3ncnc4[nH]ccc34)C2)c1. The monoisotopic (exact) mass is 336 g/mol. The van der Waals surface area contributed by atoms with Crippen molar-refractivity contribution in [3.63, 3.8) is 0 Å². The molecule has 0 amide bonds. The molecule has 0 unspecified atom stereocenters. The third-order valence-electron chi connectivity index (χ3n) is 4.78. The Labute approximate surface area is 145 Å². The Morgan fingerprint density at radius 2 is 2.24 bits per heavy atom. The number of carbonyl (C=O) groups excluding carboxylic acids is 1. The van der Waals surface area contributed by atoms with Crippen LogP contribution in [0.25, 0.3) is 11.0 Å². The lowest BCUT2D eigenvalue weighted by Gasteiger charge is -2.33. The zero-order valence-electron chi connectivity index (χ0n) is 14.1. The van der Waals surface area contributed by atoms with Crippen molar-refractivity contribution < 1.29 is 9.53 Å². The summed E-state index contributed by atoms with van der Waals surface area (Å²) in [5.41, 5.74) is 1.53. The lowest BCUT2D eigenvalue weighted by atomic mass is 9.90. The Balaban J connectivity index is 1.58. The van der Waals surface area contributed by atoms with Crippen LogP contribution in [0.15, 0.2) is 42.9 Å². The van der Waals surface area contributed by atoms with E-state index in [0.29, 0.717) is 17.9 Å². The number of piperidine rings is 1. The highest BCUT2D eigenvalue weighted by molar-refractivity contribution is 5.99. The van der Waals surface area contributed by atoms with Gasteiger partial charge >= 0.3 is 0 Å². The lowest BCUT2D eigenvalue weighted by molar-refractivity contribution is 0.0907. The van der Waals surface area contributed by atoms with E-state index >= 15 is 0 Å². The number of hydrogen-bond donors (Lipinski definition) is 1. The molecule has 1 atom stereocenters. The molecular weight excluding hydrogens is 316 g/mol. The summed E-state index contributed by atoms with van der Waals surface area (Å²) in [6.45, 7) is 1.58. The molecule has 1 saturated heterocycles. The molecule has 1 fully saturated rings. The van der Waals surface area contributed by atoms with Gasteiger partial charge < -0.3 is 14.6 Å². The summed E-state index contributed by atoms with van der Waals surface area (Å²) in [7, 11) is 1.61. The van der Waals surface area contributed by atoms with Crippen LogP contribution in [0, 0.1) is 5.92 Å². The molecule has 0 aliphatic carbocycles. The Kier molecular flexibility index (Phi) is 4.09. The van der Waals surface area contributed by atoms with Crippen molar-refractivity contribution in [3.8, 4) is 5.75 Å². The number of benzene rings is 1. The van der Waals surface area contributed by atoms with Crippen LogP contribution in [0.5, 0.6) is 5.75 Å². The maximum atomic E-state index is 12.9. The van der Waals surface area contributed by atoms with E-state index in [2.05, 4.69) is 19.9 Å². The summed E-state index contributed by atoms with van der Waals surface area (Å²) in [5, 5.41) is 0.997. The molecular formula is C19H20N4O2. The second-order valence-corrected chi connectivity index (χ2v) is 6.32. The van der Waals surface area contributed by atoms with E-state index in [9.17, 15) is 4.79 Å². The first kappa shape index (κ1) is 15.6. The molecule has 4 rings (SSSR count). The minimum Gasteiger partial charge on any atom is -0.497 e. The topological polar surface area (TPSA) is 71.1 Å². The lowest BCUT2D eigenvalue weighted by Crippen LogP contribution is -2.39. The number of ketones is 1. The maximum Gasteiger partial charge on any atom is 0.167 e. The number of nitrogens with one attached hydrogen (secondary N) is 1. The molecule has 6 nitrogen and oxygen atoms in total. The summed E-state index contributed by atoms with van der Waals surface area (Å²) in [4.78, 5) is 27.0. The van der Waals surface area contributed by atoms with E-state index in [1.54, 1.807) is 13.4 Å². The van der Waals surface area contributed by atoms with E-state index in [0.717, 1.165) is 36.2 Å². The molecule has 6 heteroatoms. The van der Waals surface area contributed by atoms with Gasteiger partial charge in [0.05, 0.1) is 12.5 Å². The van der Waals surface area contributed by atoms with Crippen molar-refractivity contribution in [2.45, 2.75) is 12.8 Å². The Morgan fingerprint density at radius 3 is 3.12 bits per heavy atom. The predicted molar refractivity (Wildman–Crippen MR) is 96.2 cm³/mol. The summed E-state index contributed by atoms with van der Waals surface area (Å²) in [6, 6.07) is 9.38. The highest BCUT2D eigenvalue weighted by atomic mass is 16.5. The maximum absolute atomic E-state index is 12.9. The molecule has 0 bridgehead atoms. The number of anilines is 1. The first-order valence-electron chi connectivity index (χ1n) is 8.47. The molecule has 1 aliphatic heterocycles. The smallest absolute Gasteiger partial charge is 0.167 e. The predicted octanol–water partition coefficient (Wildman–Crippen LogP) is 3.07. The molecule has 1 aliphatic rings. The Bertz CT molecular complexity index is 905. The quantitative estimate of drug-likeness (QED) is 0.742. The summed E-state index contributed by atoms with van der Waals surface area (Å²) in [6.07, 6.45) is 5.30. The molecule has 0 radical (unpaired) electrons. The highest BCUT2D eigenvalue weighted by Gasteiger charge is 2.28. The number of aromatic nitrogens is 3. The van der Waals surface area contributed by atoms with Crippen LogP contribution in [-0.4, -0.2) is 40.9 Å². The number of hydrogen-bond acceptors (Lipinski definition) is 5. The van der Waals surface area contributed by atoms with E-state index < -0.39 is 0 Å². The van der Waals surface area contributed by atoms with Gasteiger partial charge in [-0.15, -0.1) is 0 Å². The highest BCUT2D eigenvalue weighted by Crippen LogP contribution is 2.29. The van der Waals surface area contributed by atoms with Crippen molar-refractivity contribution in [2.24, 2.45) is 5.92 Å². The molecule has 1 N–H and O–H groups in total. The number of Topliss-reactive ketones (excluding diaryl/α,β-unsaturated/α-hetero) is 1. The van der Waals surface area contributed by atoms with Gasteiger partial charge in [0, 0.05) is 30.8 Å². The minimum absolute atomic E-state index is 0.0372. The van der Waals surface area contributed by atoms with Gasteiger partial charge in [-0.2, -0.15) is 0 Å². The van der Waals surface area contributed by atoms with E-state index in [-0.39, 0.29) is 11.7 Å². The molecule has 3 heterocycles. The molecule has 2 aromatic heterocycles. The zero-order valence-corrected chi connectivity index (χ0v) is 14.1. The number of methoxy groups -OCH3 is 1. The normalized spacial score (nSPS) is 17.6. The van der Waals surface area contributed by atoms with Crippen molar-refractivity contribution in [3.05, 3.63) is 48.4 Å². The van der Waals surface area contributed by atoms with E-state index in [1.807, 2.05) is 36.5 Å². The fourth-order valence-corrected chi connectivity index (χ4v) is 3.51. The number of rotatable bonds is 4. The summed E-state index contributed by atoms with van der Waals surface area (Å²) in [5.74, 6) is 1.74. The zero-order chi connectivity index (χ0) is 17.2. The fraction of sp³-hybridized carbons (Fsp3) is 0.316. The number of ether oxygens (including phenoxy) is 1. The first-order chi connectivity index (χ1) is 12.3. The molecule has 0 spiro atoms. The van der Waals surface area contributed by atoms with E-state index in [4.69, 9.17) is 4.74 Å². The summed E-state index contributed by atoms with van der Waals surface area (Å²) >= 11 is 0. The number of fused-ring (bicyclic) bond motifs is 1. The molecule has 128 valence electrons. The Morgan fingerprint density at radius 1 is 1.32 bits per heavy atom. The van der Waals surface area contributed by atoms with Gasteiger partial charge in [0.15, 0.2) is 5.78 Å². The van der Waals surface area contributed by atoms with Crippen LogP contribution in [0.2, 0.25) is 0 Å². The largest absolute Gasteiger partial charge is 0.497 e. The average Bonchev–Trinajstić information content (AvgIpc) is 3.16. The van der Waals surface area contributed by atoms with Crippen molar-refractivity contribution in [1.29, 1.82) is 0 Å². The molecule has 1 aromatic carbocycles. The summed E-state index contributed by atoms with van der Waals surface area (Å²) < 4.78 is 5.24. The average molecular weight is 336 g/mol. The van der Waals surface area contributed by atoms with Gasteiger partial charge in [0.25, 0.3) is 0 Å². The Hall–Kier alpha value is -2.89. The number of carbonyl (C=O) groups is 1. The minimum atomic E-state index is -0.0372. The van der Waals surface area contributed by atoms with Gasteiger partial charge in [-0.3, -0.25) is 4.79 Å². The first-order valence-corrected chi connectivity index (χ1v) is 8.47. The second-order valence-electron chi connectivity index (χ2n) is 6.32. The van der Waals surface area contributed by atoms with Gasteiger partial charge in [0.1, 0.15) is 23.5 Å². The van der Waals surface area contributed by atoms with Crippen LogP contribution in [0.1, 0.15) is 23.2 Å². The van der Waals surface area contributed by atoms with Gasteiger partial charge in [-0.05, 0) is 31.0 Å². The van der Waals surface area contributed by atoms with Gasteiger partial charge in [-0.25, -0.2) is 9.97 Å². The van der Waals surface area contributed by atoms with Crippen LogP contribution in [0.4, 0.5) is 5.82 Å². The fourth-order valence-electron chi connectivity index (χ4n) is 3.51. The van der Waals surface area contributed by atoms with Crippen LogP contribution < -0.4 is 9.64 Å². The van der Waals surface area contributed by atoms with Crippen LogP contribution >= 0.6 is 0 Å². The van der Waals surface area contributed by atoms with Gasteiger partial charge in [-0.1, -0.05) is 12.1 Å². The molecule has 25 heavy (non-hydrogen) atoms. The standard InChI is InChI=1S/C19H20N4O2/c1-25-15-6-2-4-13(10-15)17(24)14-5-3-9-23(11-14)19-16-7-8-20-18(16)21-12-22-19/h2,4,6-8,10,12,14H,3,5,9,11H2,1H3,(H,20,21,22)/t14-/m0/s1. The third-order valence-corrected chi connectivity index (χ3v) is 4.78. The number of H-pyrrole nitrogens is 1. The van der Waals surface area contributed by atoms with Crippen molar-refractivity contribution in [2.75, 3.05) is 25.1 Å². The van der Waals surface area contributed by atoms with Crippen LogP contribution in [0.3, 0.4) is 0 Å². The molecule has 3 aromatic rings. The number of aromatic amines is 1. The second kappa shape index (κ2) is 6.55.